The Balaban J connectivity index is 1.77. The molecule has 0 unspecified atom stereocenters. The second-order valence-electron chi connectivity index (χ2n) is 9.55. The minimum atomic E-state index is -0.190. The van der Waals surface area contributed by atoms with Crippen molar-refractivity contribution in [2.75, 3.05) is 6.61 Å². The van der Waals surface area contributed by atoms with Gasteiger partial charge in [0.2, 0.25) is 0 Å². The van der Waals surface area contributed by atoms with Gasteiger partial charge in [-0.1, -0.05) is 26.0 Å². The first-order valence-corrected chi connectivity index (χ1v) is 9.32. The molecule has 4 aliphatic carbocycles. The first-order valence-electron chi connectivity index (χ1n) is 9.32. The Labute approximate surface area is 135 Å². The summed E-state index contributed by atoms with van der Waals surface area (Å²) < 4.78 is 0. The molecular weight excluding hydrogens is 272 g/mol. The molecule has 7 atom stereocenters. The second-order valence-corrected chi connectivity index (χ2v) is 9.55. The van der Waals surface area contributed by atoms with Gasteiger partial charge in [-0.15, -0.1) is 0 Å². The summed E-state index contributed by atoms with van der Waals surface area (Å²) in [6.07, 6.45) is 9.17. The fourth-order valence-electron chi connectivity index (χ4n) is 7.58. The largest absolute Gasteiger partial charge is 0.396 e. The summed E-state index contributed by atoms with van der Waals surface area (Å²) in [5, 5.41) is 21.1. The minimum Gasteiger partial charge on any atom is -0.396 e. The average molecular weight is 304 g/mol. The van der Waals surface area contributed by atoms with Crippen LogP contribution in [0.25, 0.3) is 0 Å². The highest BCUT2D eigenvalue weighted by Gasteiger charge is 2.66. The van der Waals surface area contributed by atoms with E-state index in [1.165, 1.54) is 44.1 Å². The summed E-state index contributed by atoms with van der Waals surface area (Å²) in [7, 11) is 0. The number of aliphatic hydroxyl groups excluding tert-OH is 2. The SMILES string of the molecule is C=C1C[C@@]23CC[C@@H]4[C@@](C)(CO)CC[C@H](O)[C@@]4(C)[C@@H]2CC[C@@H]1C3. The quantitative estimate of drug-likeness (QED) is 0.721. The van der Waals surface area contributed by atoms with E-state index >= 15 is 0 Å². The van der Waals surface area contributed by atoms with Crippen LogP contribution in [0.15, 0.2) is 12.2 Å². The van der Waals surface area contributed by atoms with Gasteiger partial charge < -0.3 is 10.2 Å². The maximum Gasteiger partial charge on any atom is 0.0599 e. The highest BCUT2D eigenvalue weighted by Crippen LogP contribution is 2.72. The third kappa shape index (κ3) is 1.69. The molecule has 4 aliphatic rings. The van der Waals surface area contributed by atoms with E-state index in [-0.39, 0.29) is 23.5 Å². The molecule has 124 valence electrons. The summed E-state index contributed by atoms with van der Waals surface area (Å²) in [5.74, 6) is 1.84. The Hall–Kier alpha value is -0.340. The summed E-state index contributed by atoms with van der Waals surface area (Å²) in [4.78, 5) is 0. The first-order chi connectivity index (χ1) is 10.4. The molecule has 2 nitrogen and oxygen atoms in total. The van der Waals surface area contributed by atoms with E-state index in [0.29, 0.717) is 17.3 Å². The van der Waals surface area contributed by atoms with Gasteiger partial charge >= 0.3 is 0 Å². The normalized spacial score (nSPS) is 57.4. The van der Waals surface area contributed by atoms with Crippen LogP contribution in [0.5, 0.6) is 0 Å². The number of hydrogen-bond donors (Lipinski definition) is 2. The van der Waals surface area contributed by atoms with Crippen molar-refractivity contribution >= 4 is 0 Å². The molecule has 0 aliphatic heterocycles. The molecule has 0 amide bonds. The van der Waals surface area contributed by atoms with Gasteiger partial charge in [-0.25, -0.2) is 0 Å². The van der Waals surface area contributed by atoms with Crippen molar-refractivity contribution in [3.63, 3.8) is 0 Å². The standard InChI is InChI=1S/C20H32O2/c1-13-10-20-9-6-15-18(2,12-21)8-7-17(22)19(15,3)16(20)5-4-14(13)11-20/h14-17,21-22H,1,4-12H2,2-3H3/t14-,15-,16+,17+,18-,19-,20-/m1/s1. The zero-order valence-electron chi connectivity index (χ0n) is 14.3. The minimum absolute atomic E-state index is 0.00204. The monoisotopic (exact) mass is 304 g/mol. The number of hydrogen-bond acceptors (Lipinski definition) is 2. The Morgan fingerprint density at radius 2 is 1.86 bits per heavy atom. The van der Waals surface area contributed by atoms with E-state index in [9.17, 15) is 10.2 Å². The van der Waals surface area contributed by atoms with E-state index in [1.807, 2.05) is 0 Å². The molecule has 0 aromatic carbocycles. The molecule has 0 aromatic heterocycles. The van der Waals surface area contributed by atoms with Crippen LogP contribution in [0.2, 0.25) is 0 Å². The third-order valence-corrected chi connectivity index (χ3v) is 8.69. The van der Waals surface area contributed by atoms with Crippen molar-refractivity contribution in [2.45, 2.75) is 71.3 Å². The zero-order chi connectivity index (χ0) is 15.8. The van der Waals surface area contributed by atoms with Gasteiger partial charge in [0.25, 0.3) is 0 Å². The maximum absolute atomic E-state index is 11.0. The number of allylic oxidation sites excluding steroid dienone is 1. The fraction of sp³-hybridized carbons (Fsp3) is 0.900. The topological polar surface area (TPSA) is 40.5 Å². The van der Waals surface area contributed by atoms with E-state index < -0.39 is 0 Å². The molecule has 22 heavy (non-hydrogen) atoms. The summed E-state index contributed by atoms with van der Waals surface area (Å²) >= 11 is 0. The summed E-state index contributed by atoms with van der Waals surface area (Å²) in [6, 6.07) is 0. The summed E-state index contributed by atoms with van der Waals surface area (Å²) in [5.41, 5.74) is 1.89. The van der Waals surface area contributed by atoms with E-state index in [2.05, 4.69) is 20.4 Å². The van der Waals surface area contributed by atoms with Crippen LogP contribution >= 0.6 is 0 Å². The molecule has 2 N–H and O–H groups in total. The van der Waals surface area contributed by atoms with Crippen LogP contribution in [-0.4, -0.2) is 22.9 Å². The highest BCUT2D eigenvalue weighted by molar-refractivity contribution is 5.23. The average Bonchev–Trinajstić information content (AvgIpc) is 2.73. The van der Waals surface area contributed by atoms with Crippen molar-refractivity contribution in [1.29, 1.82) is 0 Å². The van der Waals surface area contributed by atoms with Gasteiger partial charge in [0.05, 0.1) is 6.10 Å². The fourth-order valence-corrected chi connectivity index (χ4v) is 7.58. The van der Waals surface area contributed by atoms with Crippen LogP contribution in [0.3, 0.4) is 0 Å². The van der Waals surface area contributed by atoms with Crippen molar-refractivity contribution in [3.05, 3.63) is 12.2 Å². The molecule has 4 fully saturated rings. The first kappa shape index (κ1) is 15.2. The Bertz CT molecular complexity index is 500. The molecule has 4 saturated carbocycles. The van der Waals surface area contributed by atoms with Crippen molar-refractivity contribution < 1.29 is 10.2 Å². The predicted octanol–water partition coefficient (Wildman–Crippen LogP) is 3.92. The van der Waals surface area contributed by atoms with Gasteiger partial charge in [0, 0.05) is 12.0 Å². The van der Waals surface area contributed by atoms with E-state index in [4.69, 9.17) is 0 Å². The smallest absolute Gasteiger partial charge is 0.0599 e. The predicted molar refractivity (Wildman–Crippen MR) is 88.3 cm³/mol. The molecule has 0 aromatic rings. The molecule has 2 heteroatoms. The molecule has 0 heterocycles. The molecule has 1 spiro atoms. The van der Waals surface area contributed by atoms with E-state index in [1.54, 1.807) is 0 Å². The molecular formula is C20H32O2. The number of fused-ring (bicyclic) bond motifs is 3. The zero-order valence-corrected chi connectivity index (χ0v) is 14.3. The molecule has 0 radical (unpaired) electrons. The van der Waals surface area contributed by atoms with Gasteiger partial charge in [0.15, 0.2) is 0 Å². The molecule has 0 saturated heterocycles. The lowest BCUT2D eigenvalue weighted by Gasteiger charge is -2.65. The van der Waals surface area contributed by atoms with Crippen LogP contribution in [-0.2, 0) is 0 Å². The number of rotatable bonds is 1. The Morgan fingerprint density at radius 3 is 2.59 bits per heavy atom. The van der Waals surface area contributed by atoms with Crippen molar-refractivity contribution in [3.8, 4) is 0 Å². The number of aliphatic hydroxyl groups is 2. The van der Waals surface area contributed by atoms with Gasteiger partial charge in [-0.2, -0.15) is 0 Å². The Morgan fingerprint density at radius 1 is 1.09 bits per heavy atom. The van der Waals surface area contributed by atoms with Crippen molar-refractivity contribution in [1.82, 2.24) is 0 Å². The van der Waals surface area contributed by atoms with Crippen LogP contribution in [0.1, 0.15) is 65.2 Å². The second kappa shape index (κ2) is 4.60. The lowest BCUT2D eigenvalue weighted by Crippen LogP contribution is -2.62. The summed E-state index contributed by atoms with van der Waals surface area (Å²) in [6.45, 7) is 9.27. The van der Waals surface area contributed by atoms with Crippen LogP contribution < -0.4 is 0 Å². The van der Waals surface area contributed by atoms with Gasteiger partial charge in [-0.3, -0.25) is 0 Å². The van der Waals surface area contributed by atoms with Gasteiger partial charge in [0.1, 0.15) is 0 Å². The van der Waals surface area contributed by atoms with Crippen LogP contribution in [0, 0.1) is 34.0 Å². The lowest BCUT2D eigenvalue weighted by atomic mass is 9.40. The molecule has 4 rings (SSSR count). The Kier molecular flexibility index (Phi) is 3.18. The maximum atomic E-state index is 11.0. The van der Waals surface area contributed by atoms with E-state index in [0.717, 1.165) is 18.8 Å². The third-order valence-electron chi connectivity index (χ3n) is 8.69. The molecule has 2 bridgehead atoms. The van der Waals surface area contributed by atoms with Gasteiger partial charge in [-0.05, 0) is 80.0 Å². The van der Waals surface area contributed by atoms with Crippen molar-refractivity contribution in [2.24, 2.45) is 34.0 Å². The highest BCUT2D eigenvalue weighted by atomic mass is 16.3. The van der Waals surface area contributed by atoms with Crippen LogP contribution in [0.4, 0.5) is 0 Å². The lowest BCUT2D eigenvalue weighted by molar-refractivity contribution is -0.209.